The van der Waals surface area contributed by atoms with Crippen molar-refractivity contribution in [3.05, 3.63) is 51.7 Å². The molecule has 0 spiro atoms. The van der Waals surface area contributed by atoms with Gasteiger partial charge in [0.2, 0.25) is 0 Å². The number of halogens is 3. The van der Waals surface area contributed by atoms with Crippen molar-refractivity contribution in [3.8, 4) is 5.75 Å². The molecule has 3 nitrogen and oxygen atoms in total. The van der Waals surface area contributed by atoms with Gasteiger partial charge < -0.3 is 14.8 Å². The Balaban J connectivity index is 2.26. The topological polar surface area (TPSA) is 30.5 Å². The molecule has 0 saturated heterocycles. The van der Waals surface area contributed by atoms with Crippen molar-refractivity contribution in [1.29, 1.82) is 0 Å². The number of nitrogens with one attached hydrogen (secondary N) is 1. The number of anilines is 2. The Hall–Kier alpha value is -1.30. The van der Waals surface area contributed by atoms with Gasteiger partial charge in [-0.2, -0.15) is 0 Å². The second-order valence-corrected chi connectivity index (χ2v) is 5.18. The molecule has 0 aromatic heterocycles. The second-order valence-electron chi connectivity index (χ2n) is 3.95. The summed E-state index contributed by atoms with van der Waals surface area (Å²) in [6.07, 6.45) is 0. The molecule has 0 fully saturated rings. The van der Waals surface area contributed by atoms with E-state index < -0.39 is 0 Å². The summed E-state index contributed by atoms with van der Waals surface area (Å²) >= 11 is 9.49. The predicted molar refractivity (Wildman–Crippen MR) is 81.3 cm³/mol. The Bertz CT molecular complexity index is 592. The summed E-state index contributed by atoms with van der Waals surface area (Å²) in [5.74, 6) is 0.272. The van der Waals surface area contributed by atoms with Crippen LogP contribution in [-0.4, -0.2) is 13.9 Å². The van der Waals surface area contributed by atoms with E-state index in [4.69, 9.17) is 21.1 Å². The Labute approximate surface area is 129 Å². The van der Waals surface area contributed by atoms with Gasteiger partial charge in [-0.15, -0.1) is 0 Å². The lowest BCUT2D eigenvalue weighted by molar-refractivity contribution is 0.0506. The Morgan fingerprint density at radius 3 is 2.60 bits per heavy atom. The Kier molecular flexibility index (Phi) is 5.23. The summed E-state index contributed by atoms with van der Waals surface area (Å²) in [5, 5.41) is 3.66. The van der Waals surface area contributed by atoms with Crippen LogP contribution in [0.4, 0.5) is 15.8 Å². The molecule has 20 heavy (non-hydrogen) atoms. The van der Waals surface area contributed by atoms with Gasteiger partial charge in [-0.05, 0) is 46.3 Å². The lowest BCUT2D eigenvalue weighted by atomic mass is 10.2. The van der Waals surface area contributed by atoms with Gasteiger partial charge in [0.15, 0.2) is 6.79 Å². The molecule has 106 valence electrons. The van der Waals surface area contributed by atoms with Crippen LogP contribution in [-0.2, 0) is 4.74 Å². The summed E-state index contributed by atoms with van der Waals surface area (Å²) in [7, 11) is 1.54. The lowest BCUT2D eigenvalue weighted by Crippen LogP contribution is -2.01. The van der Waals surface area contributed by atoms with E-state index in [0.717, 1.165) is 11.4 Å². The van der Waals surface area contributed by atoms with Crippen LogP contribution >= 0.6 is 27.5 Å². The maximum Gasteiger partial charge on any atom is 0.188 e. The fourth-order valence-electron chi connectivity index (χ4n) is 1.57. The highest BCUT2D eigenvalue weighted by Gasteiger charge is 2.10. The van der Waals surface area contributed by atoms with E-state index in [1.165, 1.54) is 19.2 Å². The number of hydrogen-bond donors (Lipinski definition) is 1. The average molecular weight is 361 g/mol. The van der Waals surface area contributed by atoms with E-state index in [-0.39, 0.29) is 12.6 Å². The van der Waals surface area contributed by atoms with Crippen LogP contribution in [0.5, 0.6) is 5.75 Å². The van der Waals surface area contributed by atoms with Gasteiger partial charge in [-0.1, -0.05) is 11.6 Å². The minimum absolute atomic E-state index is 0.120. The molecular weight excluding hydrogens is 349 g/mol. The van der Waals surface area contributed by atoms with Crippen LogP contribution in [0.15, 0.2) is 40.9 Å². The summed E-state index contributed by atoms with van der Waals surface area (Å²) < 4.78 is 23.9. The van der Waals surface area contributed by atoms with E-state index in [0.29, 0.717) is 15.2 Å². The highest BCUT2D eigenvalue weighted by atomic mass is 79.9. The zero-order valence-electron chi connectivity index (χ0n) is 10.6. The Morgan fingerprint density at radius 2 is 1.95 bits per heavy atom. The summed E-state index contributed by atoms with van der Waals surface area (Å²) in [6, 6.07) is 9.46. The molecular formula is C14H12BrClFNO2. The molecule has 1 N–H and O–H groups in total. The molecule has 0 amide bonds. The van der Waals surface area contributed by atoms with E-state index in [2.05, 4.69) is 21.2 Å². The van der Waals surface area contributed by atoms with Crippen LogP contribution < -0.4 is 10.1 Å². The summed E-state index contributed by atoms with van der Waals surface area (Å²) in [5.41, 5.74) is 1.46. The van der Waals surface area contributed by atoms with Crippen molar-refractivity contribution < 1.29 is 13.9 Å². The van der Waals surface area contributed by atoms with E-state index >= 15 is 0 Å². The van der Waals surface area contributed by atoms with E-state index in [9.17, 15) is 4.39 Å². The van der Waals surface area contributed by atoms with Gasteiger partial charge in [0.25, 0.3) is 0 Å². The molecule has 0 aliphatic heterocycles. The van der Waals surface area contributed by atoms with Crippen LogP contribution in [0.25, 0.3) is 0 Å². The molecule has 2 rings (SSSR count). The van der Waals surface area contributed by atoms with Crippen molar-refractivity contribution >= 4 is 38.9 Å². The largest absolute Gasteiger partial charge is 0.466 e. The normalized spacial score (nSPS) is 10.4. The summed E-state index contributed by atoms with van der Waals surface area (Å²) in [6.45, 7) is 0.120. The quantitative estimate of drug-likeness (QED) is 0.764. The second kappa shape index (κ2) is 6.92. The predicted octanol–water partition coefficient (Wildman–Crippen LogP) is 4.97. The first-order chi connectivity index (χ1) is 9.60. The Morgan fingerprint density at radius 1 is 1.25 bits per heavy atom. The zero-order valence-corrected chi connectivity index (χ0v) is 13.0. The van der Waals surface area contributed by atoms with E-state index in [1.807, 2.05) is 0 Å². The van der Waals surface area contributed by atoms with Crippen LogP contribution in [0.2, 0.25) is 5.02 Å². The van der Waals surface area contributed by atoms with Gasteiger partial charge in [-0.25, -0.2) is 4.39 Å². The van der Waals surface area contributed by atoms with Gasteiger partial charge in [0, 0.05) is 23.9 Å². The molecule has 2 aromatic rings. The van der Waals surface area contributed by atoms with E-state index in [1.54, 1.807) is 24.3 Å². The minimum atomic E-state index is -0.287. The monoisotopic (exact) mass is 359 g/mol. The molecule has 0 aliphatic rings. The minimum Gasteiger partial charge on any atom is -0.466 e. The van der Waals surface area contributed by atoms with Gasteiger partial charge in [-0.3, -0.25) is 0 Å². The molecule has 0 atom stereocenters. The number of rotatable bonds is 5. The molecule has 2 aromatic carbocycles. The fraction of sp³-hybridized carbons (Fsp3) is 0.143. The van der Waals surface area contributed by atoms with Crippen LogP contribution in [0, 0.1) is 5.82 Å². The molecule has 0 saturated carbocycles. The maximum absolute atomic E-state index is 12.9. The number of benzene rings is 2. The van der Waals surface area contributed by atoms with Crippen molar-refractivity contribution in [2.24, 2.45) is 0 Å². The van der Waals surface area contributed by atoms with Gasteiger partial charge in [0.05, 0.1) is 10.2 Å². The highest BCUT2D eigenvalue weighted by Crippen LogP contribution is 2.37. The van der Waals surface area contributed by atoms with Gasteiger partial charge >= 0.3 is 0 Å². The smallest absolute Gasteiger partial charge is 0.188 e. The molecule has 0 unspecified atom stereocenters. The highest BCUT2D eigenvalue weighted by molar-refractivity contribution is 9.10. The molecule has 0 bridgehead atoms. The number of ether oxygens (including phenoxy) is 2. The number of hydrogen-bond acceptors (Lipinski definition) is 3. The average Bonchev–Trinajstić information content (AvgIpc) is 2.43. The first kappa shape index (κ1) is 15.1. The maximum atomic E-state index is 12.9. The lowest BCUT2D eigenvalue weighted by Gasteiger charge is -2.13. The third-order valence-corrected chi connectivity index (χ3v) is 3.50. The third kappa shape index (κ3) is 3.85. The van der Waals surface area contributed by atoms with Crippen molar-refractivity contribution in [2.75, 3.05) is 19.2 Å². The summed E-state index contributed by atoms with van der Waals surface area (Å²) in [4.78, 5) is 0. The first-order valence-electron chi connectivity index (χ1n) is 5.73. The van der Waals surface area contributed by atoms with Gasteiger partial charge in [0.1, 0.15) is 11.6 Å². The van der Waals surface area contributed by atoms with Crippen LogP contribution in [0.3, 0.4) is 0 Å². The fourth-order valence-corrected chi connectivity index (χ4v) is 2.22. The SMILES string of the molecule is COCOc1cc(Cl)cc(Nc2ccc(F)cc2)c1Br. The zero-order chi connectivity index (χ0) is 14.5. The van der Waals surface area contributed by atoms with Crippen LogP contribution in [0.1, 0.15) is 0 Å². The molecule has 0 heterocycles. The van der Waals surface area contributed by atoms with Crippen molar-refractivity contribution in [2.45, 2.75) is 0 Å². The van der Waals surface area contributed by atoms with Crippen molar-refractivity contribution in [1.82, 2.24) is 0 Å². The number of methoxy groups -OCH3 is 1. The molecule has 6 heteroatoms. The van der Waals surface area contributed by atoms with Crippen molar-refractivity contribution in [3.63, 3.8) is 0 Å². The third-order valence-electron chi connectivity index (χ3n) is 2.46. The molecule has 0 radical (unpaired) electrons. The first-order valence-corrected chi connectivity index (χ1v) is 6.90. The standard InChI is InChI=1S/C14H12BrClFNO2/c1-19-8-20-13-7-9(16)6-12(14(13)15)18-11-4-2-10(17)3-5-11/h2-7,18H,8H2,1H3. The molecule has 0 aliphatic carbocycles.